The Morgan fingerprint density at radius 2 is 2.21 bits per heavy atom. The summed E-state index contributed by atoms with van der Waals surface area (Å²) in [5.41, 5.74) is 4.24. The molecular weight excluding hydrogens is 324 g/mol. The highest BCUT2D eigenvalue weighted by molar-refractivity contribution is 6.35. The second-order valence-electron chi connectivity index (χ2n) is 6.03. The van der Waals surface area contributed by atoms with Gasteiger partial charge in [0, 0.05) is 24.5 Å². The predicted octanol–water partition coefficient (Wildman–Crippen LogP) is 2.58. The van der Waals surface area contributed by atoms with Gasteiger partial charge in [-0.3, -0.25) is 4.68 Å². The molecule has 7 heteroatoms. The first kappa shape index (κ1) is 15.4. The van der Waals surface area contributed by atoms with Crippen LogP contribution in [0.15, 0.2) is 18.2 Å². The Balaban J connectivity index is 1.68. The van der Waals surface area contributed by atoms with Crippen molar-refractivity contribution in [2.24, 2.45) is 7.05 Å². The minimum absolute atomic E-state index is 0.581. The van der Waals surface area contributed by atoms with Crippen LogP contribution in [0.3, 0.4) is 0 Å². The van der Waals surface area contributed by atoms with Gasteiger partial charge >= 0.3 is 0 Å². The van der Waals surface area contributed by atoms with Crippen LogP contribution in [0.1, 0.15) is 22.8 Å². The third-order valence-corrected chi connectivity index (χ3v) is 4.69. The summed E-state index contributed by atoms with van der Waals surface area (Å²) in [6.07, 6.45) is 0.932. The van der Waals surface area contributed by atoms with Gasteiger partial charge in [0.15, 0.2) is 0 Å². The van der Waals surface area contributed by atoms with E-state index in [2.05, 4.69) is 25.7 Å². The Kier molecular flexibility index (Phi) is 3.86. The molecule has 1 aromatic carbocycles. The van der Waals surface area contributed by atoms with Crippen LogP contribution in [0.2, 0.25) is 5.02 Å². The largest absolute Gasteiger partial charge is 0.364 e. The maximum absolute atomic E-state index is 6.38. The van der Waals surface area contributed by atoms with Crippen LogP contribution in [-0.2, 0) is 26.6 Å². The van der Waals surface area contributed by atoms with Crippen LogP contribution in [-0.4, -0.2) is 26.3 Å². The Hall–Kier alpha value is -2.18. The number of nitrogens with zero attached hydrogens (tertiary/aromatic N) is 4. The molecule has 0 spiro atoms. The van der Waals surface area contributed by atoms with E-state index in [0.717, 1.165) is 58.5 Å². The Bertz CT molecular complexity index is 917. The SMILES string of the molecule is Cc1nc2c(c(NCc3nn(C)c4cccc(Cl)c34)n1)CCNC2. The van der Waals surface area contributed by atoms with Crippen LogP contribution in [0.25, 0.3) is 10.9 Å². The topological polar surface area (TPSA) is 67.7 Å². The second-order valence-corrected chi connectivity index (χ2v) is 6.44. The van der Waals surface area contributed by atoms with Gasteiger partial charge in [-0.2, -0.15) is 5.10 Å². The van der Waals surface area contributed by atoms with Crippen molar-refractivity contribution in [1.82, 2.24) is 25.1 Å². The number of nitrogens with one attached hydrogen (secondary N) is 2. The summed E-state index contributed by atoms with van der Waals surface area (Å²) in [4.78, 5) is 9.14. The minimum Gasteiger partial charge on any atom is -0.364 e. The molecule has 1 aliphatic heterocycles. The summed E-state index contributed by atoms with van der Waals surface area (Å²) < 4.78 is 1.86. The number of anilines is 1. The maximum Gasteiger partial charge on any atom is 0.133 e. The third kappa shape index (κ3) is 2.61. The minimum atomic E-state index is 0.581. The molecule has 124 valence electrons. The van der Waals surface area contributed by atoms with Crippen LogP contribution in [0.4, 0.5) is 5.82 Å². The van der Waals surface area contributed by atoms with Crippen LogP contribution in [0.5, 0.6) is 0 Å². The van der Waals surface area contributed by atoms with E-state index in [4.69, 9.17) is 11.6 Å². The average Bonchev–Trinajstić information content (AvgIpc) is 2.90. The lowest BCUT2D eigenvalue weighted by Crippen LogP contribution is -2.26. The molecule has 0 amide bonds. The predicted molar refractivity (Wildman–Crippen MR) is 95.2 cm³/mol. The van der Waals surface area contributed by atoms with Crippen LogP contribution >= 0.6 is 11.6 Å². The van der Waals surface area contributed by atoms with Crippen LogP contribution in [0, 0.1) is 6.92 Å². The summed E-state index contributed by atoms with van der Waals surface area (Å²) in [6, 6.07) is 5.87. The smallest absolute Gasteiger partial charge is 0.133 e. The van der Waals surface area contributed by atoms with Crippen molar-refractivity contribution in [1.29, 1.82) is 0 Å². The van der Waals surface area contributed by atoms with Gasteiger partial charge in [0.1, 0.15) is 11.6 Å². The van der Waals surface area contributed by atoms with Gasteiger partial charge in [-0.1, -0.05) is 17.7 Å². The molecule has 0 bridgehead atoms. The van der Waals surface area contributed by atoms with E-state index in [0.29, 0.717) is 6.54 Å². The molecular formula is C17H19ClN6. The van der Waals surface area contributed by atoms with Gasteiger partial charge in [0.25, 0.3) is 0 Å². The molecule has 4 rings (SSSR count). The fraction of sp³-hybridized carbons (Fsp3) is 0.353. The Morgan fingerprint density at radius 1 is 1.33 bits per heavy atom. The van der Waals surface area contributed by atoms with Crippen molar-refractivity contribution < 1.29 is 0 Å². The zero-order valence-corrected chi connectivity index (χ0v) is 14.5. The lowest BCUT2D eigenvalue weighted by atomic mass is 10.1. The summed E-state index contributed by atoms with van der Waals surface area (Å²) in [6.45, 7) is 4.25. The highest BCUT2D eigenvalue weighted by Gasteiger charge is 2.17. The maximum atomic E-state index is 6.38. The lowest BCUT2D eigenvalue weighted by molar-refractivity contribution is 0.620. The van der Waals surface area contributed by atoms with E-state index in [-0.39, 0.29) is 0 Å². The zero-order chi connectivity index (χ0) is 16.7. The highest BCUT2D eigenvalue weighted by Crippen LogP contribution is 2.27. The molecule has 0 fully saturated rings. The molecule has 3 heterocycles. The number of halogens is 1. The lowest BCUT2D eigenvalue weighted by Gasteiger charge is -2.20. The molecule has 0 radical (unpaired) electrons. The normalized spacial score (nSPS) is 14.0. The summed E-state index contributed by atoms with van der Waals surface area (Å²) in [7, 11) is 1.94. The number of hydrogen-bond acceptors (Lipinski definition) is 5. The van der Waals surface area contributed by atoms with E-state index in [1.54, 1.807) is 0 Å². The third-order valence-electron chi connectivity index (χ3n) is 4.37. The van der Waals surface area contributed by atoms with Crippen LogP contribution < -0.4 is 10.6 Å². The Labute approximate surface area is 145 Å². The van der Waals surface area contributed by atoms with Gasteiger partial charge in [-0.15, -0.1) is 0 Å². The molecule has 24 heavy (non-hydrogen) atoms. The number of hydrogen-bond donors (Lipinski definition) is 2. The van der Waals surface area contributed by atoms with Gasteiger partial charge in [-0.25, -0.2) is 9.97 Å². The van der Waals surface area contributed by atoms with Gasteiger partial charge in [0.05, 0.1) is 28.5 Å². The number of rotatable bonds is 3. The molecule has 2 N–H and O–H groups in total. The fourth-order valence-corrected chi connectivity index (χ4v) is 3.55. The number of aromatic nitrogens is 4. The molecule has 2 aromatic heterocycles. The van der Waals surface area contributed by atoms with Crippen molar-refractivity contribution in [3.8, 4) is 0 Å². The second kappa shape index (κ2) is 6.03. The molecule has 0 saturated heterocycles. The number of benzene rings is 1. The summed E-state index contributed by atoms with van der Waals surface area (Å²) in [5, 5.41) is 13.1. The summed E-state index contributed by atoms with van der Waals surface area (Å²) in [5.74, 6) is 1.69. The molecule has 1 aliphatic rings. The molecule has 6 nitrogen and oxygen atoms in total. The van der Waals surface area contributed by atoms with E-state index < -0.39 is 0 Å². The first-order valence-electron chi connectivity index (χ1n) is 8.04. The molecule has 0 unspecified atom stereocenters. The van der Waals surface area contributed by atoms with Crippen molar-refractivity contribution in [3.05, 3.63) is 46.0 Å². The van der Waals surface area contributed by atoms with Crippen molar-refractivity contribution in [2.45, 2.75) is 26.4 Å². The average molecular weight is 343 g/mol. The molecule has 3 aromatic rings. The van der Waals surface area contributed by atoms with E-state index >= 15 is 0 Å². The molecule has 0 aliphatic carbocycles. The number of fused-ring (bicyclic) bond motifs is 2. The first-order chi connectivity index (χ1) is 11.6. The highest BCUT2D eigenvalue weighted by atomic mass is 35.5. The first-order valence-corrected chi connectivity index (χ1v) is 8.42. The monoisotopic (exact) mass is 342 g/mol. The van der Waals surface area contributed by atoms with Crippen molar-refractivity contribution in [3.63, 3.8) is 0 Å². The molecule has 0 atom stereocenters. The van der Waals surface area contributed by atoms with E-state index in [1.165, 1.54) is 5.56 Å². The standard InChI is InChI=1S/C17H19ClN6/c1-10-21-13-8-19-7-6-11(13)17(22-10)20-9-14-16-12(18)4-3-5-15(16)24(2)23-14/h3-5,19H,6-9H2,1-2H3,(H,20,21,22). The zero-order valence-electron chi connectivity index (χ0n) is 13.7. The van der Waals surface area contributed by atoms with E-state index in [9.17, 15) is 0 Å². The van der Waals surface area contributed by atoms with Gasteiger partial charge in [-0.05, 0) is 32.0 Å². The molecule has 0 saturated carbocycles. The Morgan fingerprint density at radius 3 is 3.08 bits per heavy atom. The number of aryl methyl sites for hydroxylation is 2. The quantitative estimate of drug-likeness (QED) is 0.765. The van der Waals surface area contributed by atoms with Gasteiger partial charge in [0.2, 0.25) is 0 Å². The van der Waals surface area contributed by atoms with E-state index in [1.807, 2.05) is 36.9 Å². The fourth-order valence-electron chi connectivity index (χ4n) is 3.27. The van der Waals surface area contributed by atoms with Crippen molar-refractivity contribution >= 4 is 28.3 Å². The van der Waals surface area contributed by atoms with Gasteiger partial charge < -0.3 is 10.6 Å². The summed E-state index contributed by atoms with van der Waals surface area (Å²) >= 11 is 6.38. The van der Waals surface area contributed by atoms with Crippen molar-refractivity contribution in [2.75, 3.05) is 11.9 Å².